The lowest BCUT2D eigenvalue weighted by molar-refractivity contribution is -0.139. The summed E-state index contributed by atoms with van der Waals surface area (Å²) in [7, 11) is 0. The van der Waals surface area contributed by atoms with Crippen LogP contribution in [-0.4, -0.2) is 18.9 Å². The number of esters is 1. The first kappa shape index (κ1) is 12.9. The molecule has 0 aromatic rings. The third-order valence-corrected chi connectivity index (χ3v) is 1.74. The maximum atomic E-state index is 10.4. The molecular formula is C11H18O3. The molecule has 0 aliphatic heterocycles. The van der Waals surface area contributed by atoms with Gasteiger partial charge in [0.1, 0.15) is 12.9 Å². The van der Waals surface area contributed by atoms with Crippen LogP contribution in [0.4, 0.5) is 0 Å². The summed E-state index contributed by atoms with van der Waals surface area (Å²) in [5, 5.41) is 0. The van der Waals surface area contributed by atoms with Crippen LogP contribution in [0, 0.1) is 0 Å². The molecule has 14 heavy (non-hydrogen) atoms. The molecule has 0 unspecified atom stereocenters. The summed E-state index contributed by atoms with van der Waals surface area (Å²) in [6, 6.07) is 0. The Kier molecular flexibility index (Phi) is 9.17. The lowest BCUT2D eigenvalue weighted by Gasteiger charge is -1.95. The number of carbonyl (C=O) groups is 2. The van der Waals surface area contributed by atoms with Gasteiger partial charge in [0, 0.05) is 13.3 Å². The molecule has 0 bridgehead atoms. The number of aldehydes is 1. The predicted molar refractivity (Wildman–Crippen MR) is 54.9 cm³/mol. The minimum Gasteiger partial charge on any atom is -0.462 e. The van der Waals surface area contributed by atoms with E-state index in [0.717, 1.165) is 32.0 Å². The van der Waals surface area contributed by atoms with Gasteiger partial charge in [-0.1, -0.05) is 18.6 Å². The Morgan fingerprint density at radius 2 is 1.86 bits per heavy atom. The molecule has 80 valence electrons. The Bertz CT molecular complexity index is 185. The fourth-order valence-corrected chi connectivity index (χ4v) is 1.02. The highest BCUT2D eigenvalue weighted by Crippen LogP contribution is 2.02. The number of carbonyl (C=O) groups excluding carboxylic acids is 2. The van der Waals surface area contributed by atoms with E-state index in [2.05, 4.69) is 0 Å². The molecule has 0 radical (unpaired) electrons. The average Bonchev–Trinajstić information content (AvgIpc) is 2.15. The Balaban J connectivity index is 3.10. The number of hydrogen-bond acceptors (Lipinski definition) is 3. The van der Waals surface area contributed by atoms with Crippen molar-refractivity contribution >= 4 is 12.3 Å². The molecule has 3 heteroatoms. The van der Waals surface area contributed by atoms with E-state index in [4.69, 9.17) is 4.74 Å². The molecule has 0 aliphatic rings. The Hall–Kier alpha value is -1.12. The van der Waals surface area contributed by atoms with Crippen molar-refractivity contribution in [2.45, 2.75) is 39.0 Å². The Morgan fingerprint density at radius 3 is 2.50 bits per heavy atom. The van der Waals surface area contributed by atoms with Crippen LogP contribution in [0.1, 0.15) is 39.0 Å². The molecular weight excluding hydrogens is 180 g/mol. The van der Waals surface area contributed by atoms with Crippen LogP contribution in [0.2, 0.25) is 0 Å². The molecule has 0 heterocycles. The summed E-state index contributed by atoms with van der Waals surface area (Å²) in [4.78, 5) is 20.3. The molecule has 0 saturated heterocycles. The maximum Gasteiger partial charge on any atom is 0.302 e. The van der Waals surface area contributed by atoms with E-state index in [0.29, 0.717) is 13.0 Å². The van der Waals surface area contributed by atoms with Crippen molar-refractivity contribution in [3.8, 4) is 0 Å². The fourth-order valence-electron chi connectivity index (χ4n) is 1.02. The van der Waals surface area contributed by atoms with Crippen LogP contribution in [0.5, 0.6) is 0 Å². The highest BCUT2D eigenvalue weighted by molar-refractivity contribution is 5.65. The molecule has 0 rings (SSSR count). The van der Waals surface area contributed by atoms with E-state index in [-0.39, 0.29) is 5.97 Å². The topological polar surface area (TPSA) is 43.4 Å². The van der Waals surface area contributed by atoms with Crippen molar-refractivity contribution in [2.24, 2.45) is 0 Å². The maximum absolute atomic E-state index is 10.4. The van der Waals surface area contributed by atoms with Crippen molar-refractivity contribution in [3.63, 3.8) is 0 Å². The predicted octanol–water partition coefficient (Wildman–Crippen LogP) is 2.26. The van der Waals surface area contributed by atoms with Crippen molar-refractivity contribution in [3.05, 3.63) is 12.2 Å². The fraction of sp³-hybridized carbons (Fsp3) is 0.636. The first-order valence-corrected chi connectivity index (χ1v) is 4.99. The van der Waals surface area contributed by atoms with E-state index in [1.54, 1.807) is 0 Å². The molecule has 0 N–H and O–H groups in total. The quantitative estimate of drug-likeness (QED) is 0.260. The van der Waals surface area contributed by atoms with Gasteiger partial charge in [-0.2, -0.15) is 0 Å². The summed E-state index contributed by atoms with van der Waals surface area (Å²) < 4.78 is 4.71. The van der Waals surface area contributed by atoms with Crippen LogP contribution >= 0.6 is 0 Å². The van der Waals surface area contributed by atoms with E-state index >= 15 is 0 Å². The first-order valence-electron chi connectivity index (χ1n) is 4.99. The molecule has 0 saturated carbocycles. The van der Waals surface area contributed by atoms with Gasteiger partial charge in [-0.3, -0.25) is 4.79 Å². The summed E-state index contributed by atoms with van der Waals surface area (Å²) in [6.07, 6.45) is 9.60. The van der Waals surface area contributed by atoms with Gasteiger partial charge < -0.3 is 9.53 Å². The second-order valence-corrected chi connectivity index (χ2v) is 3.08. The Morgan fingerprint density at radius 1 is 1.14 bits per heavy atom. The van der Waals surface area contributed by atoms with Crippen molar-refractivity contribution < 1.29 is 14.3 Å². The van der Waals surface area contributed by atoms with Crippen LogP contribution in [0.25, 0.3) is 0 Å². The van der Waals surface area contributed by atoms with Gasteiger partial charge in [0.25, 0.3) is 0 Å². The van der Waals surface area contributed by atoms with Crippen LogP contribution < -0.4 is 0 Å². The van der Waals surface area contributed by atoms with Gasteiger partial charge >= 0.3 is 5.97 Å². The number of hydrogen-bond donors (Lipinski definition) is 0. The second-order valence-electron chi connectivity index (χ2n) is 3.08. The number of unbranched alkanes of at least 4 members (excludes halogenated alkanes) is 4. The lowest BCUT2D eigenvalue weighted by atomic mass is 10.1. The highest BCUT2D eigenvalue weighted by atomic mass is 16.5. The Labute approximate surface area is 85.1 Å². The van der Waals surface area contributed by atoms with E-state index in [1.165, 1.54) is 6.92 Å². The SMILES string of the molecule is CC(=O)OC/C=C/CCCCCC=O. The molecule has 0 aromatic carbocycles. The van der Waals surface area contributed by atoms with Crippen molar-refractivity contribution in [1.82, 2.24) is 0 Å². The summed E-state index contributed by atoms with van der Waals surface area (Å²) in [6.45, 7) is 1.76. The third-order valence-electron chi connectivity index (χ3n) is 1.74. The largest absolute Gasteiger partial charge is 0.462 e. The monoisotopic (exact) mass is 198 g/mol. The van der Waals surface area contributed by atoms with Crippen molar-refractivity contribution in [2.75, 3.05) is 6.61 Å². The van der Waals surface area contributed by atoms with Gasteiger partial charge in [-0.05, 0) is 19.3 Å². The minimum absolute atomic E-state index is 0.249. The van der Waals surface area contributed by atoms with Gasteiger partial charge in [-0.15, -0.1) is 0 Å². The molecule has 0 aliphatic carbocycles. The third kappa shape index (κ3) is 10.9. The average molecular weight is 198 g/mol. The molecule has 0 amide bonds. The number of rotatable bonds is 8. The second kappa shape index (κ2) is 9.96. The van der Waals surface area contributed by atoms with E-state index < -0.39 is 0 Å². The molecule has 0 aromatic heterocycles. The number of allylic oxidation sites excluding steroid dienone is 1. The van der Waals surface area contributed by atoms with Crippen molar-refractivity contribution in [1.29, 1.82) is 0 Å². The minimum atomic E-state index is -0.249. The molecule has 0 atom stereocenters. The van der Waals surface area contributed by atoms with Crippen LogP contribution in [0.3, 0.4) is 0 Å². The zero-order valence-electron chi connectivity index (χ0n) is 8.70. The van der Waals surface area contributed by atoms with E-state index in [1.807, 2.05) is 12.2 Å². The summed E-state index contributed by atoms with van der Waals surface area (Å²) in [5.41, 5.74) is 0. The normalized spacial score (nSPS) is 10.4. The van der Waals surface area contributed by atoms with Gasteiger partial charge in [0.2, 0.25) is 0 Å². The zero-order valence-corrected chi connectivity index (χ0v) is 8.70. The molecule has 0 spiro atoms. The molecule has 3 nitrogen and oxygen atoms in total. The smallest absolute Gasteiger partial charge is 0.302 e. The zero-order chi connectivity index (χ0) is 10.6. The number of ether oxygens (including phenoxy) is 1. The van der Waals surface area contributed by atoms with Gasteiger partial charge in [0.05, 0.1) is 0 Å². The highest BCUT2D eigenvalue weighted by Gasteiger charge is 1.88. The van der Waals surface area contributed by atoms with E-state index in [9.17, 15) is 9.59 Å². The van der Waals surface area contributed by atoms with Crippen LogP contribution in [-0.2, 0) is 14.3 Å². The lowest BCUT2D eigenvalue weighted by Crippen LogP contribution is -1.97. The van der Waals surface area contributed by atoms with Crippen LogP contribution in [0.15, 0.2) is 12.2 Å². The standard InChI is InChI=1S/C11H18O3/c1-11(13)14-10-8-6-4-2-3-5-7-9-12/h6,8-9H,2-5,7,10H2,1H3/b8-6+. The van der Waals surface area contributed by atoms with Gasteiger partial charge in [-0.25, -0.2) is 0 Å². The summed E-state index contributed by atoms with van der Waals surface area (Å²) in [5.74, 6) is -0.249. The first-order chi connectivity index (χ1) is 6.77. The molecule has 0 fully saturated rings. The summed E-state index contributed by atoms with van der Waals surface area (Å²) >= 11 is 0. The van der Waals surface area contributed by atoms with Gasteiger partial charge in [0.15, 0.2) is 0 Å².